The summed E-state index contributed by atoms with van der Waals surface area (Å²) < 4.78 is 2.04. The number of rotatable bonds is 16. The number of carbonyl (C=O) groups excluding carboxylic acids is 3. The lowest BCUT2D eigenvalue weighted by molar-refractivity contribution is -0.137. The minimum Gasteiger partial charge on any atom is -0.480 e. The lowest BCUT2D eigenvalue weighted by atomic mass is 10.1. The summed E-state index contributed by atoms with van der Waals surface area (Å²) in [6, 6.07) is 23.5. The highest BCUT2D eigenvalue weighted by Gasteiger charge is 2.23. The van der Waals surface area contributed by atoms with Crippen molar-refractivity contribution in [1.82, 2.24) is 19.4 Å². The van der Waals surface area contributed by atoms with E-state index >= 15 is 0 Å². The Morgan fingerprint density at radius 1 is 0.800 bits per heavy atom. The SMILES string of the molecule is Cc1ccccc1C(=O)NC(CCSCc1cccc(-c2cccc(C(=O)Nc3ccc(=O)n(CC(=O)O)c3)c2)n1)C(=O)Nc1ccc(=O)n(CC(O)O)c1. The molecule has 2 aromatic carbocycles. The molecule has 5 aromatic rings. The summed E-state index contributed by atoms with van der Waals surface area (Å²) in [6.07, 6.45) is 1.03. The van der Waals surface area contributed by atoms with Gasteiger partial charge in [-0.15, -0.1) is 0 Å². The zero-order valence-electron chi connectivity index (χ0n) is 29.5. The number of amides is 3. The maximum Gasteiger partial charge on any atom is 0.323 e. The molecular formula is C39H38N6O9S. The van der Waals surface area contributed by atoms with Gasteiger partial charge in [-0.2, -0.15) is 11.8 Å². The first kappa shape index (κ1) is 39.8. The summed E-state index contributed by atoms with van der Waals surface area (Å²) in [7, 11) is 0. The van der Waals surface area contributed by atoms with Gasteiger partial charge in [0.25, 0.3) is 22.9 Å². The third-order valence-corrected chi connectivity index (χ3v) is 9.22. The number of benzene rings is 2. The van der Waals surface area contributed by atoms with E-state index < -0.39 is 53.7 Å². The molecule has 0 aliphatic rings. The maximum absolute atomic E-state index is 13.5. The number of carboxylic acid groups (broad SMARTS) is 1. The number of aliphatic carboxylic acids is 1. The predicted octanol–water partition coefficient (Wildman–Crippen LogP) is 3.09. The van der Waals surface area contributed by atoms with Crippen LogP contribution in [0.1, 0.15) is 38.4 Å². The third kappa shape index (κ3) is 11.3. The summed E-state index contributed by atoms with van der Waals surface area (Å²) in [6.45, 7) is 0.859. The summed E-state index contributed by atoms with van der Waals surface area (Å²) in [4.78, 5) is 79.7. The highest BCUT2D eigenvalue weighted by atomic mass is 32.2. The number of aryl methyl sites for hydroxylation is 1. The minimum atomic E-state index is -1.77. The highest BCUT2D eigenvalue weighted by molar-refractivity contribution is 7.98. The second-order valence-corrected chi connectivity index (χ2v) is 13.5. The van der Waals surface area contributed by atoms with Crippen molar-refractivity contribution in [2.24, 2.45) is 0 Å². The van der Waals surface area contributed by atoms with Gasteiger partial charge in [0.1, 0.15) is 12.6 Å². The summed E-state index contributed by atoms with van der Waals surface area (Å²) in [5.74, 6) is -1.69. The van der Waals surface area contributed by atoms with Gasteiger partial charge in [0, 0.05) is 47.0 Å². The average Bonchev–Trinajstić information content (AvgIpc) is 3.15. The van der Waals surface area contributed by atoms with E-state index in [1.807, 2.05) is 12.1 Å². The van der Waals surface area contributed by atoms with Gasteiger partial charge >= 0.3 is 5.97 Å². The van der Waals surface area contributed by atoms with E-state index in [-0.39, 0.29) is 24.3 Å². The van der Waals surface area contributed by atoms with Crippen molar-refractivity contribution in [2.75, 3.05) is 16.4 Å². The first-order valence-corrected chi connectivity index (χ1v) is 18.1. The number of hydrogen-bond donors (Lipinski definition) is 6. The van der Waals surface area contributed by atoms with Gasteiger partial charge < -0.3 is 40.4 Å². The summed E-state index contributed by atoms with van der Waals surface area (Å²) >= 11 is 1.49. The van der Waals surface area contributed by atoms with Crippen molar-refractivity contribution in [1.29, 1.82) is 0 Å². The molecule has 3 amide bonds. The van der Waals surface area contributed by atoms with E-state index in [0.717, 1.165) is 20.4 Å². The number of anilines is 2. The normalized spacial score (nSPS) is 11.5. The molecule has 3 heterocycles. The van der Waals surface area contributed by atoms with Crippen LogP contribution < -0.4 is 27.1 Å². The van der Waals surface area contributed by atoms with Crippen molar-refractivity contribution in [3.8, 4) is 11.3 Å². The van der Waals surface area contributed by atoms with Gasteiger partial charge in [0.05, 0.1) is 29.3 Å². The molecule has 15 nitrogen and oxygen atoms in total. The second kappa shape index (κ2) is 18.6. The zero-order valence-corrected chi connectivity index (χ0v) is 30.4. The number of pyridine rings is 3. The number of carboxylic acids is 1. The number of hydrogen-bond acceptors (Lipinski definition) is 10. The van der Waals surface area contributed by atoms with Crippen molar-refractivity contribution in [3.63, 3.8) is 0 Å². The predicted molar refractivity (Wildman–Crippen MR) is 207 cm³/mol. The number of aromatic nitrogens is 3. The number of nitrogens with zero attached hydrogens (tertiary/aromatic N) is 3. The number of nitrogens with one attached hydrogen (secondary N) is 3. The smallest absolute Gasteiger partial charge is 0.323 e. The largest absolute Gasteiger partial charge is 0.480 e. The van der Waals surface area contributed by atoms with Crippen LogP contribution in [0, 0.1) is 6.92 Å². The Bertz CT molecular complexity index is 2320. The van der Waals surface area contributed by atoms with Crippen molar-refractivity contribution in [3.05, 3.63) is 146 Å². The van der Waals surface area contributed by atoms with Gasteiger partial charge in [0.2, 0.25) is 5.91 Å². The van der Waals surface area contributed by atoms with Gasteiger partial charge in [-0.1, -0.05) is 36.4 Å². The molecule has 1 atom stereocenters. The lowest BCUT2D eigenvalue weighted by Crippen LogP contribution is -2.44. The highest BCUT2D eigenvalue weighted by Crippen LogP contribution is 2.22. The van der Waals surface area contributed by atoms with Crippen molar-refractivity contribution in [2.45, 2.75) is 44.5 Å². The molecule has 16 heteroatoms. The number of thioether (sulfide) groups is 1. The second-order valence-electron chi connectivity index (χ2n) is 12.4. The van der Waals surface area contributed by atoms with Crippen LogP contribution in [-0.2, 0) is 28.4 Å². The first-order valence-electron chi connectivity index (χ1n) is 17.0. The molecule has 0 saturated carbocycles. The molecule has 0 bridgehead atoms. The number of carbonyl (C=O) groups is 4. The number of aliphatic hydroxyl groups excluding tert-OH is 1. The van der Waals surface area contributed by atoms with E-state index in [4.69, 9.17) is 10.1 Å². The van der Waals surface area contributed by atoms with E-state index in [1.165, 1.54) is 48.4 Å². The van der Waals surface area contributed by atoms with Crippen LogP contribution in [0.4, 0.5) is 11.4 Å². The Labute approximate surface area is 318 Å². The maximum atomic E-state index is 13.5. The van der Waals surface area contributed by atoms with Crippen LogP contribution in [0.25, 0.3) is 11.3 Å². The summed E-state index contributed by atoms with van der Waals surface area (Å²) in [5.41, 5.74) is 2.98. The summed E-state index contributed by atoms with van der Waals surface area (Å²) in [5, 5.41) is 35.9. The Kier molecular flexibility index (Phi) is 13.5. The Hall–Kier alpha value is -6.36. The monoisotopic (exact) mass is 766 g/mol. The van der Waals surface area contributed by atoms with Gasteiger partial charge in [-0.05, 0) is 67.1 Å². The molecule has 6 N–H and O–H groups in total. The molecule has 0 radical (unpaired) electrons. The van der Waals surface area contributed by atoms with E-state index in [1.54, 1.807) is 61.5 Å². The van der Waals surface area contributed by atoms with Crippen molar-refractivity contribution < 1.29 is 34.5 Å². The molecular weight excluding hydrogens is 729 g/mol. The van der Waals surface area contributed by atoms with Crippen LogP contribution >= 0.6 is 11.8 Å². The topological polar surface area (TPSA) is 222 Å². The molecule has 0 spiro atoms. The van der Waals surface area contributed by atoms with Crippen LogP contribution in [0.5, 0.6) is 0 Å². The van der Waals surface area contributed by atoms with E-state index in [9.17, 15) is 39.0 Å². The molecule has 0 aliphatic carbocycles. The Balaban J connectivity index is 1.24. The van der Waals surface area contributed by atoms with Crippen LogP contribution in [0.15, 0.2) is 113 Å². The number of aliphatic hydroxyl groups is 2. The Morgan fingerprint density at radius 2 is 1.49 bits per heavy atom. The minimum absolute atomic E-state index is 0.234. The van der Waals surface area contributed by atoms with Crippen LogP contribution in [0.3, 0.4) is 0 Å². The van der Waals surface area contributed by atoms with E-state index in [2.05, 4.69) is 16.0 Å². The Morgan fingerprint density at radius 3 is 2.22 bits per heavy atom. The fraction of sp³-hybridized carbons (Fsp3) is 0.205. The molecule has 3 aromatic heterocycles. The van der Waals surface area contributed by atoms with Crippen LogP contribution in [0.2, 0.25) is 0 Å². The zero-order chi connectivity index (χ0) is 39.5. The van der Waals surface area contributed by atoms with Gasteiger partial charge in [0.15, 0.2) is 6.29 Å². The van der Waals surface area contributed by atoms with Gasteiger partial charge in [-0.25, -0.2) is 0 Å². The lowest BCUT2D eigenvalue weighted by Gasteiger charge is -2.19. The molecule has 0 saturated heterocycles. The van der Waals surface area contributed by atoms with Crippen molar-refractivity contribution >= 4 is 46.8 Å². The first-order chi connectivity index (χ1) is 26.4. The third-order valence-electron chi connectivity index (χ3n) is 8.20. The standard InChI is InChI=1S/C39H38N6O9S/c1-24-6-2-3-10-30(24)38(53)43-32(39(54)42-28-13-15-34(47)45(20-28)22-36(50)51)16-17-55-23-29-9-5-11-31(40-29)25-7-4-8-26(18-25)37(52)41-27-12-14-33(46)44(19-27)21-35(48)49/h2-15,18-20,32,36,50-51H,16-17,21-23H2,1H3,(H,41,52)(H,42,54)(H,43,53)(H,48,49). The average molecular weight is 767 g/mol. The fourth-order valence-corrected chi connectivity index (χ4v) is 6.40. The molecule has 55 heavy (non-hydrogen) atoms. The van der Waals surface area contributed by atoms with Crippen LogP contribution in [-0.4, -0.2) is 71.2 Å². The molecule has 1 unspecified atom stereocenters. The van der Waals surface area contributed by atoms with Gasteiger partial charge in [-0.3, -0.25) is 33.8 Å². The molecule has 0 fully saturated rings. The molecule has 284 valence electrons. The van der Waals surface area contributed by atoms with E-state index in [0.29, 0.717) is 33.9 Å². The fourth-order valence-electron chi connectivity index (χ4n) is 5.48. The quantitative estimate of drug-likeness (QED) is 0.0633. The molecule has 0 aliphatic heterocycles. The molecule has 5 rings (SSSR count).